The van der Waals surface area contributed by atoms with Gasteiger partial charge in [0.1, 0.15) is 0 Å². The normalized spacial score (nSPS) is 14.8. The molecule has 6 nitrogen and oxygen atoms in total. The Morgan fingerprint density at radius 2 is 1.90 bits per heavy atom. The van der Waals surface area contributed by atoms with Gasteiger partial charge in [0.05, 0.1) is 12.6 Å². The molecule has 1 heterocycles. The molecule has 3 rings (SSSR count). The molecule has 0 aromatic heterocycles. The minimum atomic E-state index is -0.494. The van der Waals surface area contributed by atoms with Crippen molar-refractivity contribution in [1.29, 1.82) is 0 Å². The number of aliphatic hydroxyl groups excluding tert-OH is 1. The van der Waals surface area contributed by atoms with E-state index in [1.807, 2.05) is 48.2 Å². The van der Waals surface area contributed by atoms with Crippen LogP contribution in [0.3, 0.4) is 0 Å². The average Bonchev–Trinajstić information content (AvgIpc) is 3.17. The fourth-order valence-electron chi connectivity index (χ4n) is 3.60. The van der Waals surface area contributed by atoms with Crippen LogP contribution >= 0.6 is 24.0 Å². The predicted octanol–water partition coefficient (Wildman–Crippen LogP) is 3.61. The molecule has 0 bridgehead atoms. The topological polar surface area (TPSA) is 77.0 Å². The molecular formula is C24H33IN4O2. The number of likely N-dealkylation sites (tertiary alicyclic amines) is 1. The summed E-state index contributed by atoms with van der Waals surface area (Å²) in [6.45, 7) is 5.50. The standard InChI is InChI=1S/C24H32N4O2.HI/c1-2-25-24(26-14-13-22(29)21-10-4-3-5-11-21)27-17-19-8-6-9-20(16-19)18-28-15-7-12-23(28)30;/h3-6,8-11,16,22,29H,2,7,12-15,17-18H2,1H3,(H2,25,26,27);1H. The summed E-state index contributed by atoms with van der Waals surface area (Å²) in [5.41, 5.74) is 3.18. The number of aliphatic imine (C=N–C) groups is 1. The van der Waals surface area contributed by atoms with Gasteiger partial charge in [-0.05, 0) is 36.5 Å². The Morgan fingerprint density at radius 1 is 1.13 bits per heavy atom. The molecule has 1 saturated heterocycles. The first-order chi connectivity index (χ1) is 14.7. The fraction of sp³-hybridized carbons (Fsp3) is 0.417. The minimum absolute atomic E-state index is 0. The minimum Gasteiger partial charge on any atom is -0.388 e. The summed E-state index contributed by atoms with van der Waals surface area (Å²) in [6, 6.07) is 18.0. The number of carbonyl (C=O) groups excluding carboxylic acids is 1. The highest BCUT2D eigenvalue weighted by atomic mass is 127. The van der Waals surface area contributed by atoms with Gasteiger partial charge >= 0.3 is 0 Å². The largest absolute Gasteiger partial charge is 0.388 e. The van der Waals surface area contributed by atoms with Gasteiger partial charge in [-0.25, -0.2) is 4.99 Å². The SMILES string of the molecule is CCNC(=NCc1cccc(CN2CCCC2=O)c1)NCCC(O)c1ccccc1.I. The van der Waals surface area contributed by atoms with Crippen LogP contribution in [0, 0.1) is 0 Å². The van der Waals surface area contributed by atoms with Crippen LogP contribution in [-0.4, -0.2) is 41.5 Å². The Kier molecular flexibility index (Phi) is 10.8. The van der Waals surface area contributed by atoms with Gasteiger partial charge in [0.2, 0.25) is 5.91 Å². The third-order valence-electron chi connectivity index (χ3n) is 5.19. The number of nitrogens with zero attached hydrogens (tertiary/aromatic N) is 2. The van der Waals surface area contributed by atoms with Gasteiger partial charge < -0.3 is 20.6 Å². The van der Waals surface area contributed by atoms with Gasteiger partial charge in [-0.15, -0.1) is 24.0 Å². The van der Waals surface area contributed by atoms with Crippen molar-refractivity contribution in [3.63, 3.8) is 0 Å². The zero-order valence-corrected chi connectivity index (χ0v) is 20.4. The Hall–Kier alpha value is -2.13. The summed E-state index contributed by atoms with van der Waals surface area (Å²) in [7, 11) is 0. The smallest absolute Gasteiger partial charge is 0.222 e. The molecule has 2 aromatic rings. The highest BCUT2D eigenvalue weighted by Crippen LogP contribution is 2.16. The van der Waals surface area contributed by atoms with Crippen molar-refractivity contribution < 1.29 is 9.90 Å². The number of nitrogens with one attached hydrogen (secondary N) is 2. The maximum absolute atomic E-state index is 11.9. The van der Waals surface area contributed by atoms with Gasteiger partial charge in [0.25, 0.3) is 0 Å². The van der Waals surface area contributed by atoms with E-state index in [4.69, 9.17) is 0 Å². The van der Waals surface area contributed by atoms with E-state index in [0.717, 1.165) is 42.2 Å². The van der Waals surface area contributed by atoms with Crippen molar-refractivity contribution in [2.24, 2.45) is 4.99 Å². The quantitative estimate of drug-likeness (QED) is 0.260. The van der Waals surface area contributed by atoms with E-state index >= 15 is 0 Å². The van der Waals surface area contributed by atoms with Crippen molar-refractivity contribution in [3.8, 4) is 0 Å². The van der Waals surface area contributed by atoms with E-state index in [2.05, 4.69) is 33.8 Å². The van der Waals surface area contributed by atoms with Crippen LogP contribution in [0.1, 0.15) is 49.0 Å². The van der Waals surface area contributed by atoms with E-state index in [1.54, 1.807) is 0 Å². The van der Waals surface area contributed by atoms with Crippen LogP contribution in [0.15, 0.2) is 59.6 Å². The molecule has 0 saturated carbocycles. The number of rotatable bonds is 9. The number of hydrogen-bond donors (Lipinski definition) is 3. The van der Waals surface area contributed by atoms with Gasteiger partial charge in [-0.1, -0.05) is 54.6 Å². The Morgan fingerprint density at radius 3 is 2.61 bits per heavy atom. The molecule has 1 aliphatic rings. The molecule has 2 aromatic carbocycles. The first-order valence-corrected chi connectivity index (χ1v) is 10.8. The lowest BCUT2D eigenvalue weighted by atomic mass is 10.1. The van der Waals surface area contributed by atoms with Crippen molar-refractivity contribution in [1.82, 2.24) is 15.5 Å². The van der Waals surface area contributed by atoms with Crippen LogP contribution in [0.5, 0.6) is 0 Å². The number of aliphatic hydroxyl groups is 1. The molecule has 1 aliphatic heterocycles. The molecule has 0 radical (unpaired) electrons. The van der Waals surface area contributed by atoms with E-state index in [1.165, 1.54) is 0 Å². The lowest BCUT2D eigenvalue weighted by Gasteiger charge is -2.16. The predicted molar refractivity (Wildman–Crippen MR) is 135 cm³/mol. The summed E-state index contributed by atoms with van der Waals surface area (Å²) >= 11 is 0. The van der Waals surface area contributed by atoms with Crippen LogP contribution in [0.4, 0.5) is 0 Å². The summed E-state index contributed by atoms with van der Waals surface area (Å²) in [5, 5.41) is 16.9. The summed E-state index contributed by atoms with van der Waals surface area (Å²) in [5.74, 6) is 0.979. The second kappa shape index (κ2) is 13.3. The molecule has 0 spiro atoms. The van der Waals surface area contributed by atoms with Gasteiger partial charge in [-0.3, -0.25) is 4.79 Å². The van der Waals surface area contributed by atoms with Crippen molar-refractivity contribution in [3.05, 3.63) is 71.3 Å². The zero-order valence-electron chi connectivity index (χ0n) is 18.1. The number of guanidine groups is 1. The molecule has 31 heavy (non-hydrogen) atoms. The van der Waals surface area contributed by atoms with Crippen LogP contribution < -0.4 is 10.6 Å². The maximum atomic E-state index is 11.9. The van der Waals surface area contributed by atoms with Gasteiger partial charge in [-0.2, -0.15) is 0 Å². The first kappa shape index (κ1) is 25.1. The fourth-order valence-corrected chi connectivity index (χ4v) is 3.60. The summed E-state index contributed by atoms with van der Waals surface area (Å²) < 4.78 is 0. The summed E-state index contributed by atoms with van der Waals surface area (Å²) in [4.78, 5) is 18.5. The molecule has 1 unspecified atom stereocenters. The Bertz CT molecular complexity index is 844. The summed E-state index contributed by atoms with van der Waals surface area (Å²) in [6.07, 6.45) is 1.74. The molecular weight excluding hydrogens is 503 g/mol. The second-order valence-electron chi connectivity index (χ2n) is 7.58. The van der Waals surface area contributed by atoms with Crippen molar-refractivity contribution in [2.45, 2.75) is 45.4 Å². The van der Waals surface area contributed by atoms with E-state index in [9.17, 15) is 9.90 Å². The molecule has 1 amide bonds. The molecule has 1 atom stereocenters. The average molecular weight is 536 g/mol. The maximum Gasteiger partial charge on any atom is 0.222 e. The third-order valence-corrected chi connectivity index (χ3v) is 5.19. The second-order valence-corrected chi connectivity index (χ2v) is 7.58. The van der Waals surface area contributed by atoms with E-state index < -0.39 is 6.10 Å². The van der Waals surface area contributed by atoms with Crippen molar-refractivity contribution >= 4 is 35.8 Å². The number of halogens is 1. The molecule has 168 valence electrons. The number of amides is 1. The van der Waals surface area contributed by atoms with Gasteiger partial charge in [0.15, 0.2) is 5.96 Å². The van der Waals surface area contributed by atoms with Crippen LogP contribution in [-0.2, 0) is 17.9 Å². The lowest BCUT2D eigenvalue weighted by molar-refractivity contribution is -0.128. The van der Waals surface area contributed by atoms with Crippen LogP contribution in [0.25, 0.3) is 0 Å². The number of carbonyl (C=O) groups is 1. The zero-order chi connectivity index (χ0) is 21.2. The monoisotopic (exact) mass is 536 g/mol. The van der Waals surface area contributed by atoms with Gasteiger partial charge in [0, 0.05) is 32.6 Å². The first-order valence-electron chi connectivity index (χ1n) is 10.8. The lowest BCUT2D eigenvalue weighted by Crippen LogP contribution is -2.38. The molecule has 3 N–H and O–H groups in total. The molecule has 0 aliphatic carbocycles. The third kappa shape index (κ3) is 8.14. The molecule has 7 heteroatoms. The molecule has 1 fully saturated rings. The highest BCUT2D eigenvalue weighted by molar-refractivity contribution is 14.0. The van der Waals surface area contributed by atoms with E-state index in [0.29, 0.717) is 32.5 Å². The number of benzene rings is 2. The van der Waals surface area contributed by atoms with Crippen molar-refractivity contribution in [2.75, 3.05) is 19.6 Å². The number of hydrogen-bond acceptors (Lipinski definition) is 3. The highest BCUT2D eigenvalue weighted by Gasteiger charge is 2.19. The Balaban J connectivity index is 0.00000341. The Labute approximate surface area is 202 Å². The van der Waals surface area contributed by atoms with E-state index in [-0.39, 0.29) is 29.9 Å². The van der Waals surface area contributed by atoms with Crippen LogP contribution in [0.2, 0.25) is 0 Å².